The van der Waals surface area contributed by atoms with Crippen LogP contribution in [0.1, 0.15) is 18.0 Å². The van der Waals surface area contributed by atoms with Crippen molar-refractivity contribution in [1.82, 2.24) is 10.2 Å². The van der Waals surface area contributed by atoms with Crippen LogP contribution in [0.25, 0.3) is 0 Å². The fraction of sp³-hybridized carbons (Fsp3) is 0.571. The summed E-state index contributed by atoms with van der Waals surface area (Å²) in [5.74, 6) is 1.57. The summed E-state index contributed by atoms with van der Waals surface area (Å²) in [6.45, 7) is 3.73. The number of nitrogens with zero attached hydrogens (tertiary/aromatic N) is 1. The molecule has 0 saturated carbocycles. The van der Waals surface area contributed by atoms with Gasteiger partial charge in [0.1, 0.15) is 0 Å². The Morgan fingerprint density at radius 1 is 1.26 bits per heavy atom. The number of halogens is 1. The van der Waals surface area contributed by atoms with Crippen molar-refractivity contribution in [1.29, 1.82) is 0 Å². The fourth-order valence-corrected chi connectivity index (χ4v) is 2.85. The zero-order valence-corrected chi connectivity index (χ0v) is 10.9. The second-order valence-corrected chi connectivity index (χ2v) is 4.86. The van der Waals surface area contributed by atoms with E-state index in [0.717, 1.165) is 43.2 Å². The van der Waals surface area contributed by atoms with E-state index in [0.29, 0.717) is 6.42 Å². The van der Waals surface area contributed by atoms with Crippen molar-refractivity contribution in [2.45, 2.75) is 12.5 Å². The molecule has 2 aliphatic rings. The van der Waals surface area contributed by atoms with E-state index in [1.165, 1.54) is 0 Å². The predicted molar refractivity (Wildman–Crippen MR) is 70.3 cm³/mol. The monoisotopic (exact) mass is 266 g/mol. The molecule has 0 unspecified atom stereocenters. The summed E-state index contributed by atoms with van der Waals surface area (Å²) in [6.07, 6.45) is 0.500. The summed E-state index contributed by atoms with van der Waals surface area (Å²) < 4.78 is 23.9. The maximum atomic E-state index is 12.9. The molecule has 2 heterocycles. The minimum absolute atomic E-state index is 0.0729. The fourth-order valence-electron chi connectivity index (χ4n) is 2.85. The molecule has 0 aliphatic carbocycles. The van der Waals surface area contributed by atoms with Crippen LogP contribution in [0.5, 0.6) is 11.5 Å². The topological polar surface area (TPSA) is 33.7 Å². The van der Waals surface area contributed by atoms with Gasteiger partial charge in [-0.1, -0.05) is 12.1 Å². The lowest BCUT2D eigenvalue weighted by Crippen LogP contribution is -2.45. The van der Waals surface area contributed by atoms with Crippen LogP contribution in [0.15, 0.2) is 18.2 Å². The van der Waals surface area contributed by atoms with Crippen LogP contribution in [0, 0.1) is 0 Å². The predicted octanol–water partition coefficient (Wildman–Crippen LogP) is 1.72. The van der Waals surface area contributed by atoms with Crippen LogP contribution < -0.4 is 14.8 Å². The molecule has 1 aromatic carbocycles. The first-order valence-corrected chi connectivity index (χ1v) is 6.79. The first kappa shape index (κ1) is 12.7. The average molecular weight is 266 g/mol. The number of alkyl halides is 1. The normalized spacial score (nSPS) is 20.5. The van der Waals surface area contributed by atoms with Crippen molar-refractivity contribution in [3.8, 4) is 11.5 Å². The highest BCUT2D eigenvalue weighted by molar-refractivity contribution is 5.49. The number of para-hydroxylation sites is 1. The van der Waals surface area contributed by atoms with Gasteiger partial charge in [0.25, 0.3) is 0 Å². The Morgan fingerprint density at radius 3 is 2.89 bits per heavy atom. The van der Waals surface area contributed by atoms with Gasteiger partial charge in [-0.05, 0) is 12.5 Å². The van der Waals surface area contributed by atoms with Gasteiger partial charge in [0.15, 0.2) is 11.5 Å². The molecule has 1 N–H and O–H groups in total. The Morgan fingerprint density at radius 2 is 2.11 bits per heavy atom. The zero-order valence-electron chi connectivity index (χ0n) is 10.9. The number of piperazine rings is 1. The quantitative estimate of drug-likeness (QED) is 0.899. The van der Waals surface area contributed by atoms with Gasteiger partial charge in [-0.15, -0.1) is 0 Å². The van der Waals surface area contributed by atoms with E-state index in [2.05, 4.69) is 10.2 Å². The van der Waals surface area contributed by atoms with Crippen molar-refractivity contribution >= 4 is 0 Å². The van der Waals surface area contributed by atoms with E-state index in [9.17, 15) is 4.39 Å². The van der Waals surface area contributed by atoms with Crippen molar-refractivity contribution in [2.75, 3.05) is 39.6 Å². The summed E-state index contributed by atoms with van der Waals surface area (Å²) in [7, 11) is 0. The Kier molecular flexibility index (Phi) is 3.84. The summed E-state index contributed by atoms with van der Waals surface area (Å²) >= 11 is 0. The maximum absolute atomic E-state index is 12.9. The lowest BCUT2D eigenvalue weighted by atomic mass is 10.00. The lowest BCUT2D eigenvalue weighted by molar-refractivity contribution is 0.148. The molecule has 5 heteroatoms. The summed E-state index contributed by atoms with van der Waals surface area (Å²) in [6, 6.07) is 5.95. The first-order chi connectivity index (χ1) is 9.40. The molecule has 1 aromatic rings. The van der Waals surface area contributed by atoms with Crippen LogP contribution in [-0.4, -0.2) is 44.5 Å². The summed E-state index contributed by atoms with van der Waals surface area (Å²) in [5.41, 5.74) is 1.05. The number of benzene rings is 1. The number of hydrogen-bond acceptors (Lipinski definition) is 4. The minimum atomic E-state index is -0.320. The minimum Gasteiger partial charge on any atom is -0.454 e. The third-order valence-corrected chi connectivity index (χ3v) is 3.76. The summed E-state index contributed by atoms with van der Waals surface area (Å²) in [4.78, 5) is 2.33. The van der Waals surface area contributed by atoms with E-state index in [-0.39, 0.29) is 19.5 Å². The molecule has 0 bridgehead atoms. The second kappa shape index (κ2) is 5.75. The zero-order chi connectivity index (χ0) is 13.1. The van der Waals surface area contributed by atoms with Crippen LogP contribution >= 0.6 is 0 Å². The average Bonchev–Trinajstić information content (AvgIpc) is 2.94. The SMILES string of the molecule is FCC[C@H](c1cccc2c1OCO2)N1CCNCC1. The molecule has 0 spiro atoms. The van der Waals surface area contributed by atoms with E-state index in [4.69, 9.17) is 9.47 Å². The Hall–Kier alpha value is -1.33. The standard InChI is InChI=1S/C14H19FN2O2/c15-5-4-12(17-8-6-16-7-9-17)11-2-1-3-13-14(11)19-10-18-13/h1-3,12,16H,4-10H2/t12-/m1/s1. The molecule has 1 saturated heterocycles. The third-order valence-electron chi connectivity index (χ3n) is 3.76. The molecule has 0 aromatic heterocycles. The molecule has 1 atom stereocenters. The molecule has 4 nitrogen and oxygen atoms in total. The van der Waals surface area contributed by atoms with Gasteiger partial charge >= 0.3 is 0 Å². The Labute approximate surface area is 112 Å². The van der Waals surface area contributed by atoms with Gasteiger partial charge in [-0.2, -0.15) is 0 Å². The van der Waals surface area contributed by atoms with Crippen LogP contribution in [0.3, 0.4) is 0 Å². The van der Waals surface area contributed by atoms with Crippen LogP contribution in [0.4, 0.5) is 4.39 Å². The third kappa shape index (κ3) is 2.53. The number of hydrogen-bond donors (Lipinski definition) is 1. The smallest absolute Gasteiger partial charge is 0.231 e. The molecule has 104 valence electrons. The van der Waals surface area contributed by atoms with E-state index >= 15 is 0 Å². The first-order valence-electron chi connectivity index (χ1n) is 6.79. The molecular weight excluding hydrogens is 247 g/mol. The highest BCUT2D eigenvalue weighted by Gasteiger charge is 2.28. The molecule has 3 rings (SSSR count). The van der Waals surface area contributed by atoms with Crippen LogP contribution in [0.2, 0.25) is 0 Å². The van der Waals surface area contributed by atoms with Crippen molar-refractivity contribution in [3.63, 3.8) is 0 Å². The molecule has 0 amide bonds. The van der Waals surface area contributed by atoms with Gasteiger partial charge in [-0.25, -0.2) is 0 Å². The Balaban J connectivity index is 1.89. The lowest BCUT2D eigenvalue weighted by Gasteiger charge is -2.35. The van der Waals surface area contributed by atoms with Gasteiger partial charge in [0, 0.05) is 37.8 Å². The molecular formula is C14H19FN2O2. The Bertz CT molecular complexity index is 435. The van der Waals surface area contributed by atoms with Gasteiger partial charge in [0.2, 0.25) is 6.79 Å². The van der Waals surface area contributed by atoms with Crippen LogP contribution in [-0.2, 0) is 0 Å². The summed E-state index contributed by atoms with van der Waals surface area (Å²) in [5, 5.41) is 3.32. The van der Waals surface area contributed by atoms with Gasteiger partial charge in [0.05, 0.1) is 6.67 Å². The molecule has 0 radical (unpaired) electrons. The number of rotatable bonds is 4. The number of nitrogens with one attached hydrogen (secondary N) is 1. The van der Waals surface area contributed by atoms with E-state index in [1.54, 1.807) is 0 Å². The number of ether oxygens (including phenoxy) is 2. The van der Waals surface area contributed by atoms with Crippen molar-refractivity contribution in [3.05, 3.63) is 23.8 Å². The van der Waals surface area contributed by atoms with Crippen molar-refractivity contribution in [2.24, 2.45) is 0 Å². The van der Waals surface area contributed by atoms with Gasteiger partial charge in [-0.3, -0.25) is 9.29 Å². The van der Waals surface area contributed by atoms with E-state index < -0.39 is 0 Å². The van der Waals surface area contributed by atoms with Gasteiger partial charge < -0.3 is 14.8 Å². The van der Waals surface area contributed by atoms with Crippen molar-refractivity contribution < 1.29 is 13.9 Å². The highest BCUT2D eigenvalue weighted by Crippen LogP contribution is 2.41. The molecule has 1 fully saturated rings. The molecule has 2 aliphatic heterocycles. The highest BCUT2D eigenvalue weighted by atomic mass is 19.1. The second-order valence-electron chi connectivity index (χ2n) is 4.86. The maximum Gasteiger partial charge on any atom is 0.231 e. The largest absolute Gasteiger partial charge is 0.454 e. The number of fused-ring (bicyclic) bond motifs is 1. The molecule has 19 heavy (non-hydrogen) atoms. The van der Waals surface area contributed by atoms with E-state index in [1.807, 2.05) is 18.2 Å².